The molecular weight excluding hydrogens is 336 g/mol. The van der Waals surface area contributed by atoms with Gasteiger partial charge < -0.3 is 4.90 Å². The number of hydrogen-bond acceptors (Lipinski definition) is 4. The Hall–Kier alpha value is -1.43. The molecular formula is C22H30N4O. The average molecular weight is 367 g/mol. The molecule has 6 aliphatic rings. The predicted molar refractivity (Wildman–Crippen MR) is 104 cm³/mol. The summed E-state index contributed by atoms with van der Waals surface area (Å²) in [6.07, 6.45) is 6.12. The zero-order valence-corrected chi connectivity index (χ0v) is 15.9. The Morgan fingerprint density at radius 3 is 2.44 bits per heavy atom. The standard InChI is InChI=1S/C22H30N4O/c27-22(19-12-18(23-24-19)15-6-7-15)26-13-17(14-4-2-1-3-5-14)21-20(26)16-8-10-25(21)11-9-16/h1-5,15-21,23-24H,6-13H2/t17-,18?,19?,20-,21-/m1/s1. The summed E-state index contributed by atoms with van der Waals surface area (Å²) in [5.74, 6) is 2.27. The second-order valence-electron chi connectivity index (χ2n) is 9.38. The summed E-state index contributed by atoms with van der Waals surface area (Å²) < 4.78 is 0. The zero-order valence-electron chi connectivity index (χ0n) is 15.9. The molecule has 0 radical (unpaired) electrons. The number of piperidine rings is 3. The molecule has 5 nitrogen and oxygen atoms in total. The molecule has 6 fully saturated rings. The molecule has 144 valence electrons. The number of carbonyl (C=O) groups is 1. The molecule has 5 heterocycles. The van der Waals surface area contributed by atoms with Crippen LogP contribution in [0.1, 0.15) is 43.6 Å². The van der Waals surface area contributed by atoms with Crippen molar-refractivity contribution in [3.8, 4) is 0 Å². The van der Waals surface area contributed by atoms with Crippen molar-refractivity contribution in [3.63, 3.8) is 0 Å². The normalized spacial score (nSPS) is 43.1. The lowest BCUT2D eigenvalue weighted by molar-refractivity contribution is -0.138. The molecule has 7 rings (SSSR count). The van der Waals surface area contributed by atoms with E-state index in [0.29, 0.717) is 35.9 Å². The SMILES string of the molecule is O=C(C1CC(C2CC2)NN1)N1C[C@H](c2ccccc2)[C@@H]2[C@H]1C1CCN2CC1. The summed E-state index contributed by atoms with van der Waals surface area (Å²) in [6, 6.07) is 12.3. The van der Waals surface area contributed by atoms with Crippen molar-refractivity contribution in [3.05, 3.63) is 35.9 Å². The van der Waals surface area contributed by atoms with Crippen molar-refractivity contribution >= 4 is 5.91 Å². The topological polar surface area (TPSA) is 47.6 Å². The van der Waals surface area contributed by atoms with Crippen LogP contribution >= 0.6 is 0 Å². The molecule has 5 aliphatic heterocycles. The number of rotatable bonds is 3. The van der Waals surface area contributed by atoms with Crippen LogP contribution in [-0.2, 0) is 4.79 Å². The quantitative estimate of drug-likeness (QED) is 0.855. The van der Waals surface area contributed by atoms with Crippen LogP contribution in [0.5, 0.6) is 0 Å². The fourth-order valence-corrected chi connectivity index (χ4v) is 6.42. The number of carbonyl (C=O) groups excluding carboxylic acids is 1. The minimum atomic E-state index is -0.0405. The second-order valence-corrected chi connectivity index (χ2v) is 9.38. The van der Waals surface area contributed by atoms with E-state index in [2.05, 4.69) is 51.0 Å². The molecule has 5 atom stereocenters. The third kappa shape index (κ3) is 2.66. The van der Waals surface area contributed by atoms with Crippen LogP contribution in [0.2, 0.25) is 0 Å². The van der Waals surface area contributed by atoms with Gasteiger partial charge in [-0.2, -0.15) is 0 Å². The van der Waals surface area contributed by atoms with E-state index in [4.69, 9.17) is 0 Å². The Labute approximate surface area is 161 Å². The van der Waals surface area contributed by atoms with Crippen molar-refractivity contribution in [2.75, 3.05) is 19.6 Å². The van der Waals surface area contributed by atoms with Gasteiger partial charge in [-0.25, -0.2) is 5.43 Å². The van der Waals surface area contributed by atoms with Gasteiger partial charge >= 0.3 is 0 Å². The minimum absolute atomic E-state index is 0.0405. The molecule has 5 heteroatoms. The number of amides is 1. The van der Waals surface area contributed by atoms with Gasteiger partial charge in [0.1, 0.15) is 6.04 Å². The average Bonchev–Trinajstić information content (AvgIpc) is 3.30. The Morgan fingerprint density at radius 1 is 0.926 bits per heavy atom. The van der Waals surface area contributed by atoms with E-state index in [1.165, 1.54) is 44.3 Å². The molecule has 2 N–H and O–H groups in total. The van der Waals surface area contributed by atoms with Crippen LogP contribution < -0.4 is 10.9 Å². The first-order valence-electron chi connectivity index (χ1n) is 10.9. The summed E-state index contributed by atoms with van der Waals surface area (Å²) in [4.78, 5) is 18.5. The number of likely N-dealkylation sites (tertiary alicyclic amines) is 1. The first-order valence-corrected chi connectivity index (χ1v) is 10.9. The highest BCUT2D eigenvalue weighted by molar-refractivity contribution is 5.83. The monoisotopic (exact) mass is 366 g/mol. The van der Waals surface area contributed by atoms with E-state index in [0.717, 1.165) is 18.9 Å². The zero-order chi connectivity index (χ0) is 18.0. The maximum absolute atomic E-state index is 13.5. The highest BCUT2D eigenvalue weighted by atomic mass is 16.2. The Morgan fingerprint density at radius 2 is 1.70 bits per heavy atom. The van der Waals surface area contributed by atoms with Crippen LogP contribution in [0.25, 0.3) is 0 Å². The highest BCUT2D eigenvalue weighted by Gasteiger charge is 2.55. The molecule has 1 aromatic carbocycles. The fraction of sp³-hybridized carbons (Fsp3) is 0.682. The molecule has 2 unspecified atom stereocenters. The van der Waals surface area contributed by atoms with Crippen molar-refractivity contribution in [2.45, 2.75) is 62.2 Å². The molecule has 2 bridgehead atoms. The van der Waals surface area contributed by atoms with Crippen LogP contribution in [0.3, 0.4) is 0 Å². The number of hydrazine groups is 1. The summed E-state index contributed by atoms with van der Waals surface area (Å²) in [6.45, 7) is 3.31. The Balaban J connectivity index is 1.28. The van der Waals surface area contributed by atoms with E-state index in [1.807, 2.05) is 0 Å². The van der Waals surface area contributed by atoms with Gasteiger partial charge in [-0.3, -0.25) is 15.1 Å². The molecule has 1 aromatic rings. The number of hydrogen-bond donors (Lipinski definition) is 2. The van der Waals surface area contributed by atoms with Gasteiger partial charge in [0.15, 0.2) is 0 Å². The Kier molecular flexibility index (Phi) is 3.85. The number of benzene rings is 1. The van der Waals surface area contributed by atoms with Gasteiger partial charge in [-0.05, 0) is 62.6 Å². The van der Waals surface area contributed by atoms with Crippen molar-refractivity contribution in [2.24, 2.45) is 11.8 Å². The smallest absolute Gasteiger partial charge is 0.241 e. The minimum Gasteiger partial charge on any atom is -0.336 e. The lowest BCUT2D eigenvalue weighted by Gasteiger charge is -2.51. The fourth-order valence-electron chi connectivity index (χ4n) is 6.42. The first-order chi connectivity index (χ1) is 13.3. The van der Waals surface area contributed by atoms with Crippen molar-refractivity contribution in [1.29, 1.82) is 0 Å². The molecule has 0 spiro atoms. The van der Waals surface area contributed by atoms with Crippen molar-refractivity contribution in [1.82, 2.24) is 20.7 Å². The van der Waals surface area contributed by atoms with E-state index >= 15 is 0 Å². The molecule has 1 amide bonds. The molecule has 5 saturated heterocycles. The molecule has 1 aliphatic carbocycles. The summed E-state index contributed by atoms with van der Waals surface area (Å²) in [5, 5.41) is 0. The van der Waals surface area contributed by atoms with E-state index in [1.54, 1.807) is 0 Å². The van der Waals surface area contributed by atoms with Gasteiger partial charge in [-0.1, -0.05) is 30.3 Å². The summed E-state index contributed by atoms with van der Waals surface area (Å²) in [7, 11) is 0. The van der Waals surface area contributed by atoms with Gasteiger partial charge in [0, 0.05) is 24.5 Å². The lowest BCUT2D eigenvalue weighted by atomic mass is 9.75. The maximum Gasteiger partial charge on any atom is 0.241 e. The van der Waals surface area contributed by atoms with E-state index in [-0.39, 0.29) is 6.04 Å². The van der Waals surface area contributed by atoms with Crippen molar-refractivity contribution < 1.29 is 4.79 Å². The summed E-state index contributed by atoms with van der Waals surface area (Å²) >= 11 is 0. The summed E-state index contributed by atoms with van der Waals surface area (Å²) in [5.41, 5.74) is 8.16. The molecule has 1 saturated carbocycles. The highest BCUT2D eigenvalue weighted by Crippen LogP contribution is 2.47. The van der Waals surface area contributed by atoms with Gasteiger partial charge in [0.05, 0.1) is 6.04 Å². The van der Waals surface area contributed by atoms with Crippen LogP contribution in [0, 0.1) is 11.8 Å². The van der Waals surface area contributed by atoms with Crippen LogP contribution in [0.4, 0.5) is 0 Å². The molecule has 0 aromatic heterocycles. The van der Waals surface area contributed by atoms with Crippen LogP contribution in [-0.4, -0.2) is 59.5 Å². The largest absolute Gasteiger partial charge is 0.336 e. The van der Waals surface area contributed by atoms with Gasteiger partial charge in [0.25, 0.3) is 0 Å². The maximum atomic E-state index is 13.5. The number of nitrogens with one attached hydrogen (secondary N) is 2. The van der Waals surface area contributed by atoms with Gasteiger partial charge in [-0.15, -0.1) is 0 Å². The lowest BCUT2D eigenvalue weighted by Crippen LogP contribution is -2.62. The van der Waals surface area contributed by atoms with Gasteiger partial charge in [0.2, 0.25) is 5.91 Å². The molecule has 27 heavy (non-hydrogen) atoms. The predicted octanol–water partition coefficient (Wildman–Crippen LogP) is 1.72. The van der Waals surface area contributed by atoms with E-state index < -0.39 is 0 Å². The third-order valence-electron chi connectivity index (χ3n) is 7.93. The Bertz CT molecular complexity index is 712. The number of nitrogens with zero attached hydrogens (tertiary/aromatic N) is 2. The second kappa shape index (κ2) is 6.29. The third-order valence-corrected chi connectivity index (χ3v) is 7.93. The number of fused-ring (bicyclic) bond motifs is 2. The first kappa shape index (κ1) is 16.5. The van der Waals surface area contributed by atoms with Crippen LogP contribution in [0.15, 0.2) is 30.3 Å². The van der Waals surface area contributed by atoms with E-state index in [9.17, 15) is 4.79 Å².